The lowest BCUT2D eigenvalue weighted by molar-refractivity contribution is -0.118. The molecular weight excluding hydrogens is 280 g/mol. The Morgan fingerprint density at radius 2 is 1.77 bits per heavy atom. The zero-order chi connectivity index (χ0) is 16.1. The number of aromatic nitrogens is 1. The Balaban J connectivity index is 2.16. The van der Waals surface area contributed by atoms with Crippen LogP contribution in [0.5, 0.6) is 0 Å². The molecule has 5 nitrogen and oxygen atoms in total. The van der Waals surface area contributed by atoms with E-state index < -0.39 is 5.97 Å². The molecule has 2 rings (SSSR count). The first-order chi connectivity index (χ1) is 10.5. The van der Waals surface area contributed by atoms with Gasteiger partial charge in [-0.05, 0) is 23.6 Å². The number of aromatic carboxylic acids is 1. The number of carboxylic acids is 1. The van der Waals surface area contributed by atoms with E-state index in [-0.39, 0.29) is 23.3 Å². The van der Waals surface area contributed by atoms with Gasteiger partial charge in [0.25, 0.3) is 0 Å². The number of benzene rings is 1. The molecule has 5 heteroatoms. The second kappa shape index (κ2) is 6.85. The molecule has 0 saturated heterocycles. The monoisotopic (exact) mass is 298 g/mol. The van der Waals surface area contributed by atoms with Gasteiger partial charge in [-0.25, -0.2) is 9.78 Å². The number of hydrogen-bond donors (Lipinski definition) is 2. The molecule has 1 amide bonds. The number of pyridine rings is 1. The van der Waals surface area contributed by atoms with Crippen LogP contribution in [0.4, 0.5) is 5.82 Å². The zero-order valence-electron chi connectivity index (χ0n) is 12.5. The van der Waals surface area contributed by atoms with Crippen LogP contribution in [-0.4, -0.2) is 22.0 Å². The summed E-state index contributed by atoms with van der Waals surface area (Å²) in [4.78, 5) is 27.3. The molecule has 1 aromatic carbocycles. The first-order valence-electron chi connectivity index (χ1n) is 7.04. The maximum Gasteiger partial charge on any atom is 0.337 e. The Bertz CT molecular complexity index is 651. The fraction of sp³-hybridized carbons (Fsp3) is 0.235. The fourth-order valence-electron chi connectivity index (χ4n) is 2.30. The third-order valence-corrected chi connectivity index (χ3v) is 3.37. The SMILES string of the molecule is CC(C)[C@@H](C(=O)Nc1ccc(C(=O)O)cn1)c1ccccc1. The Morgan fingerprint density at radius 3 is 2.27 bits per heavy atom. The summed E-state index contributed by atoms with van der Waals surface area (Å²) in [5.41, 5.74) is 1.03. The standard InChI is InChI=1S/C17H18N2O3/c1-11(2)15(12-6-4-3-5-7-12)16(20)19-14-9-8-13(10-18-14)17(21)22/h3-11,15H,1-2H3,(H,21,22)(H,18,19,20)/t15-/m1/s1. The van der Waals surface area contributed by atoms with Crippen LogP contribution in [-0.2, 0) is 4.79 Å². The molecule has 0 aliphatic carbocycles. The van der Waals surface area contributed by atoms with Gasteiger partial charge in [-0.1, -0.05) is 44.2 Å². The highest BCUT2D eigenvalue weighted by Crippen LogP contribution is 2.25. The Hall–Kier alpha value is -2.69. The number of nitrogens with zero attached hydrogens (tertiary/aromatic N) is 1. The molecule has 114 valence electrons. The largest absolute Gasteiger partial charge is 0.478 e. The topological polar surface area (TPSA) is 79.3 Å². The summed E-state index contributed by atoms with van der Waals surface area (Å²) in [6.45, 7) is 3.97. The minimum absolute atomic E-state index is 0.0847. The van der Waals surface area contributed by atoms with E-state index in [1.165, 1.54) is 18.3 Å². The van der Waals surface area contributed by atoms with Gasteiger partial charge in [0.2, 0.25) is 5.91 Å². The van der Waals surface area contributed by atoms with Crippen LogP contribution in [0.1, 0.15) is 35.7 Å². The van der Waals surface area contributed by atoms with Crippen molar-refractivity contribution in [3.8, 4) is 0 Å². The number of anilines is 1. The molecule has 2 aromatic rings. The summed E-state index contributed by atoms with van der Waals surface area (Å²) >= 11 is 0. The molecule has 1 atom stereocenters. The second-order valence-corrected chi connectivity index (χ2v) is 5.36. The van der Waals surface area contributed by atoms with Crippen LogP contribution in [0.2, 0.25) is 0 Å². The molecular formula is C17H18N2O3. The van der Waals surface area contributed by atoms with E-state index in [9.17, 15) is 9.59 Å². The van der Waals surface area contributed by atoms with E-state index in [1.807, 2.05) is 44.2 Å². The lowest BCUT2D eigenvalue weighted by Crippen LogP contribution is -2.25. The molecule has 0 fully saturated rings. The van der Waals surface area contributed by atoms with Gasteiger partial charge in [-0.2, -0.15) is 0 Å². The van der Waals surface area contributed by atoms with Crippen molar-refractivity contribution in [1.29, 1.82) is 0 Å². The van der Waals surface area contributed by atoms with E-state index in [0.29, 0.717) is 5.82 Å². The summed E-state index contributed by atoms with van der Waals surface area (Å²) in [5.74, 6) is -1.02. The van der Waals surface area contributed by atoms with Gasteiger partial charge in [0, 0.05) is 6.20 Å². The van der Waals surface area contributed by atoms with E-state index in [2.05, 4.69) is 10.3 Å². The number of rotatable bonds is 5. The van der Waals surface area contributed by atoms with Gasteiger partial charge in [-0.3, -0.25) is 4.79 Å². The average Bonchev–Trinajstić information content (AvgIpc) is 2.48. The molecule has 0 bridgehead atoms. The molecule has 22 heavy (non-hydrogen) atoms. The van der Waals surface area contributed by atoms with Gasteiger partial charge in [0.15, 0.2) is 0 Å². The highest BCUT2D eigenvalue weighted by atomic mass is 16.4. The van der Waals surface area contributed by atoms with E-state index in [0.717, 1.165) is 5.56 Å². The number of amides is 1. The minimum atomic E-state index is -1.05. The third kappa shape index (κ3) is 3.69. The van der Waals surface area contributed by atoms with Crippen LogP contribution in [0.3, 0.4) is 0 Å². The van der Waals surface area contributed by atoms with Gasteiger partial charge < -0.3 is 10.4 Å². The zero-order valence-corrected chi connectivity index (χ0v) is 12.5. The number of hydrogen-bond acceptors (Lipinski definition) is 3. The summed E-state index contributed by atoms with van der Waals surface area (Å²) in [6, 6.07) is 12.5. The van der Waals surface area contributed by atoms with E-state index in [1.54, 1.807) is 0 Å². The van der Waals surface area contributed by atoms with Gasteiger partial charge in [-0.15, -0.1) is 0 Å². The van der Waals surface area contributed by atoms with Gasteiger partial charge in [0.1, 0.15) is 5.82 Å². The summed E-state index contributed by atoms with van der Waals surface area (Å²) in [6.07, 6.45) is 1.23. The number of carboxylic acid groups (broad SMARTS) is 1. The molecule has 2 N–H and O–H groups in total. The molecule has 0 spiro atoms. The van der Waals surface area contributed by atoms with Crippen molar-refractivity contribution >= 4 is 17.7 Å². The van der Waals surface area contributed by atoms with Crippen molar-refractivity contribution in [2.75, 3.05) is 5.32 Å². The lowest BCUT2D eigenvalue weighted by Gasteiger charge is -2.20. The fourth-order valence-corrected chi connectivity index (χ4v) is 2.30. The van der Waals surface area contributed by atoms with Crippen LogP contribution in [0.25, 0.3) is 0 Å². The van der Waals surface area contributed by atoms with Crippen molar-refractivity contribution in [3.05, 3.63) is 59.8 Å². The van der Waals surface area contributed by atoms with Crippen LogP contribution in [0.15, 0.2) is 48.7 Å². The molecule has 0 radical (unpaired) electrons. The number of carbonyl (C=O) groups excluding carboxylic acids is 1. The average molecular weight is 298 g/mol. The maximum atomic E-state index is 12.5. The van der Waals surface area contributed by atoms with E-state index >= 15 is 0 Å². The normalized spacial score (nSPS) is 12.0. The third-order valence-electron chi connectivity index (χ3n) is 3.37. The molecule has 1 aromatic heterocycles. The first-order valence-corrected chi connectivity index (χ1v) is 7.04. The van der Waals surface area contributed by atoms with Gasteiger partial charge in [0.05, 0.1) is 11.5 Å². The molecule has 0 saturated carbocycles. The summed E-state index contributed by atoms with van der Waals surface area (Å²) in [7, 11) is 0. The smallest absolute Gasteiger partial charge is 0.337 e. The predicted molar refractivity (Wildman–Crippen MR) is 83.8 cm³/mol. The predicted octanol–water partition coefficient (Wildman–Crippen LogP) is 3.16. The Kier molecular flexibility index (Phi) is 4.88. The Labute approximate surface area is 129 Å². The molecule has 0 unspecified atom stereocenters. The van der Waals surface area contributed by atoms with Crippen LogP contribution < -0.4 is 5.32 Å². The number of carbonyl (C=O) groups is 2. The summed E-state index contributed by atoms with van der Waals surface area (Å²) in [5, 5.41) is 11.6. The van der Waals surface area contributed by atoms with Crippen molar-refractivity contribution in [2.24, 2.45) is 5.92 Å². The molecule has 0 aliphatic heterocycles. The summed E-state index contributed by atoms with van der Waals surface area (Å²) < 4.78 is 0. The number of nitrogens with one attached hydrogen (secondary N) is 1. The highest BCUT2D eigenvalue weighted by molar-refractivity contribution is 5.95. The second-order valence-electron chi connectivity index (χ2n) is 5.36. The Morgan fingerprint density at radius 1 is 1.09 bits per heavy atom. The van der Waals surface area contributed by atoms with Crippen molar-refractivity contribution in [3.63, 3.8) is 0 Å². The van der Waals surface area contributed by atoms with Crippen LogP contribution >= 0.6 is 0 Å². The van der Waals surface area contributed by atoms with E-state index in [4.69, 9.17) is 5.11 Å². The van der Waals surface area contributed by atoms with Crippen molar-refractivity contribution < 1.29 is 14.7 Å². The lowest BCUT2D eigenvalue weighted by atomic mass is 9.87. The molecule has 1 heterocycles. The van der Waals surface area contributed by atoms with Crippen molar-refractivity contribution in [2.45, 2.75) is 19.8 Å². The molecule has 0 aliphatic rings. The van der Waals surface area contributed by atoms with Crippen LogP contribution in [0, 0.1) is 5.92 Å². The minimum Gasteiger partial charge on any atom is -0.478 e. The quantitative estimate of drug-likeness (QED) is 0.888. The highest BCUT2D eigenvalue weighted by Gasteiger charge is 2.24. The first kappa shape index (κ1) is 15.7. The van der Waals surface area contributed by atoms with Gasteiger partial charge >= 0.3 is 5.97 Å². The maximum absolute atomic E-state index is 12.5. The van der Waals surface area contributed by atoms with Crippen molar-refractivity contribution in [1.82, 2.24) is 4.98 Å².